The number of ether oxygens (including phenoxy) is 1. The van der Waals surface area contributed by atoms with Gasteiger partial charge < -0.3 is 10.1 Å². The van der Waals surface area contributed by atoms with E-state index in [1.54, 1.807) is 11.3 Å². The van der Waals surface area contributed by atoms with Crippen LogP contribution in [-0.4, -0.2) is 11.6 Å². The SMILES string of the molecule is CC(NCc1cscn1)c1ccc2c(c1)CCO2. The summed E-state index contributed by atoms with van der Waals surface area (Å²) < 4.78 is 5.52. The lowest BCUT2D eigenvalue weighted by Gasteiger charge is -2.14. The lowest BCUT2D eigenvalue weighted by atomic mass is 10.0. The molecule has 0 spiro atoms. The van der Waals surface area contributed by atoms with Crippen molar-refractivity contribution in [3.8, 4) is 5.75 Å². The Bertz CT molecular complexity index is 525. The summed E-state index contributed by atoms with van der Waals surface area (Å²) in [6, 6.07) is 6.81. The number of nitrogens with one attached hydrogen (secondary N) is 1. The molecule has 0 saturated carbocycles. The maximum atomic E-state index is 5.52. The fourth-order valence-electron chi connectivity index (χ4n) is 2.18. The Labute approximate surface area is 111 Å². The van der Waals surface area contributed by atoms with Crippen molar-refractivity contribution < 1.29 is 4.74 Å². The normalized spacial score (nSPS) is 15.2. The standard InChI is InChI=1S/C14H16N2OS/c1-10(15-7-13-8-18-9-16-13)11-2-3-14-12(6-11)4-5-17-14/h2-3,6,8-10,15H,4-5,7H2,1H3. The highest BCUT2D eigenvalue weighted by Gasteiger charge is 2.14. The van der Waals surface area contributed by atoms with Gasteiger partial charge >= 0.3 is 0 Å². The molecule has 18 heavy (non-hydrogen) atoms. The largest absolute Gasteiger partial charge is 0.493 e. The number of rotatable bonds is 4. The molecular weight excluding hydrogens is 244 g/mol. The smallest absolute Gasteiger partial charge is 0.122 e. The Morgan fingerprint density at radius 1 is 1.50 bits per heavy atom. The first kappa shape index (κ1) is 11.7. The van der Waals surface area contributed by atoms with E-state index in [1.807, 2.05) is 5.51 Å². The summed E-state index contributed by atoms with van der Waals surface area (Å²) in [7, 11) is 0. The summed E-state index contributed by atoms with van der Waals surface area (Å²) in [6.45, 7) is 3.82. The minimum Gasteiger partial charge on any atom is -0.493 e. The van der Waals surface area contributed by atoms with E-state index in [0.717, 1.165) is 31.0 Å². The van der Waals surface area contributed by atoms with Crippen molar-refractivity contribution in [3.05, 3.63) is 45.9 Å². The van der Waals surface area contributed by atoms with Crippen molar-refractivity contribution in [2.24, 2.45) is 0 Å². The summed E-state index contributed by atoms with van der Waals surface area (Å²) in [5.74, 6) is 1.05. The zero-order chi connectivity index (χ0) is 12.4. The Hall–Kier alpha value is -1.39. The molecule has 0 aliphatic carbocycles. The molecule has 1 unspecified atom stereocenters. The van der Waals surface area contributed by atoms with Crippen LogP contribution in [0.1, 0.15) is 29.8 Å². The second-order valence-electron chi connectivity index (χ2n) is 4.55. The van der Waals surface area contributed by atoms with Crippen LogP contribution in [0, 0.1) is 0 Å². The average molecular weight is 260 g/mol. The summed E-state index contributed by atoms with van der Waals surface area (Å²) >= 11 is 1.64. The van der Waals surface area contributed by atoms with Crippen LogP contribution in [-0.2, 0) is 13.0 Å². The third-order valence-corrected chi connectivity index (χ3v) is 3.92. The van der Waals surface area contributed by atoms with E-state index in [0.29, 0.717) is 6.04 Å². The molecule has 0 amide bonds. The second kappa shape index (κ2) is 5.08. The highest BCUT2D eigenvalue weighted by atomic mass is 32.1. The highest BCUT2D eigenvalue weighted by molar-refractivity contribution is 7.07. The summed E-state index contributed by atoms with van der Waals surface area (Å²) in [6.07, 6.45) is 1.03. The summed E-state index contributed by atoms with van der Waals surface area (Å²) in [4.78, 5) is 4.28. The average Bonchev–Trinajstić information content (AvgIpc) is 3.05. The number of hydrogen-bond donors (Lipinski definition) is 1. The third kappa shape index (κ3) is 2.40. The molecule has 0 radical (unpaired) electrons. The lowest BCUT2D eigenvalue weighted by Crippen LogP contribution is -2.18. The van der Waals surface area contributed by atoms with Gasteiger partial charge in [-0.2, -0.15) is 0 Å². The van der Waals surface area contributed by atoms with Crippen molar-refractivity contribution in [2.75, 3.05) is 6.61 Å². The van der Waals surface area contributed by atoms with Crippen LogP contribution >= 0.6 is 11.3 Å². The van der Waals surface area contributed by atoms with Crippen molar-refractivity contribution in [1.29, 1.82) is 0 Å². The number of thiazole rings is 1. The van der Waals surface area contributed by atoms with Crippen molar-refractivity contribution >= 4 is 11.3 Å². The maximum Gasteiger partial charge on any atom is 0.122 e. The van der Waals surface area contributed by atoms with Gasteiger partial charge in [-0.1, -0.05) is 12.1 Å². The minimum atomic E-state index is 0.331. The number of nitrogens with zero attached hydrogens (tertiary/aromatic N) is 1. The summed E-state index contributed by atoms with van der Waals surface area (Å²) in [5.41, 5.74) is 5.62. The minimum absolute atomic E-state index is 0.331. The van der Waals surface area contributed by atoms with Crippen molar-refractivity contribution in [2.45, 2.75) is 25.9 Å². The second-order valence-corrected chi connectivity index (χ2v) is 5.27. The Morgan fingerprint density at radius 2 is 2.44 bits per heavy atom. The van der Waals surface area contributed by atoms with Gasteiger partial charge in [0.2, 0.25) is 0 Å². The van der Waals surface area contributed by atoms with Crippen LogP contribution in [0.5, 0.6) is 5.75 Å². The molecule has 1 aliphatic heterocycles. The van der Waals surface area contributed by atoms with E-state index in [4.69, 9.17) is 4.74 Å². The molecule has 2 heterocycles. The Morgan fingerprint density at radius 3 is 3.28 bits per heavy atom. The van der Waals surface area contributed by atoms with Crippen LogP contribution < -0.4 is 10.1 Å². The molecule has 2 aromatic rings. The predicted molar refractivity (Wildman–Crippen MR) is 73.0 cm³/mol. The van der Waals surface area contributed by atoms with Gasteiger partial charge in [-0.3, -0.25) is 0 Å². The molecule has 94 valence electrons. The monoisotopic (exact) mass is 260 g/mol. The van der Waals surface area contributed by atoms with Gasteiger partial charge in [0, 0.05) is 24.4 Å². The fraction of sp³-hybridized carbons (Fsp3) is 0.357. The van der Waals surface area contributed by atoms with E-state index < -0.39 is 0 Å². The van der Waals surface area contributed by atoms with Gasteiger partial charge in [0.15, 0.2) is 0 Å². The number of fused-ring (bicyclic) bond motifs is 1. The van der Waals surface area contributed by atoms with E-state index in [-0.39, 0.29) is 0 Å². The first-order chi connectivity index (χ1) is 8.83. The number of aromatic nitrogens is 1. The molecular formula is C14H16N2OS. The number of benzene rings is 1. The van der Waals surface area contributed by atoms with Gasteiger partial charge in [-0.15, -0.1) is 11.3 Å². The van der Waals surface area contributed by atoms with Crippen LogP contribution in [0.2, 0.25) is 0 Å². The van der Waals surface area contributed by atoms with E-state index >= 15 is 0 Å². The molecule has 1 aliphatic rings. The van der Waals surface area contributed by atoms with Gasteiger partial charge in [0.05, 0.1) is 17.8 Å². The highest BCUT2D eigenvalue weighted by Crippen LogP contribution is 2.28. The molecule has 0 bridgehead atoms. The van der Waals surface area contributed by atoms with Crippen molar-refractivity contribution in [3.63, 3.8) is 0 Å². The first-order valence-corrected chi connectivity index (χ1v) is 7.13. The molecule has 0 saturated heterocycles. The fourth-order valence-corrected chi connectivity index (χ4v) is 2.73. The van der Waals surface area contributed by atoms with Crippen LogP contribution in [0.4, 0.5) is 0 Å². The molecule has 3 nitrogen and oxygen atoms in total. The maximum absolute atomic E-state index is 5.52. The van der Waals surface area contributed by atoms with E-state index in [9.17, 15) is 0 Å². The van der Waals surface area contributed by atoms with E-state index in [1.165, 1.54) is 11.1 Å². The molecule has 1 aromatic heterocycles. The van der Waals surface area contributed by atoms with Crippen LogP contribution in [0.25, 0.3) is 0 Å². The Balaban J connectivity index is 1.67. The van der Waals surface area contributed by atoms with Gasteiger partial charge in [-0.05, 0) is 24.1 Å². The van der Waals surface area contributed by atoms with Crippen molar-refractivity contribution in [1.82, 2.24) is 10.3 Å². The number of hydrogen-bond acceptors (Lipinski definition) is 4. The molecule has 0 fully saturated rings. The molecule has 1 atom stereocenters. The predicted octanol–water partition coefficient (Wildman–Crippen LogP) is 2.93. The van der Waals surface area contributed by atoms with Crippen LogP contribution in [0.3, 0.4) is 0 Å². The molecule has 1 N–H and O–H groups in total. The molecule has 1 aromatic carbocycles. The van der Waals surface area contributed by atoms with E-state index in [2.05, 4.69) is 40.8 Å². The van der Waals surface area contributed by atoms with Gasteiger partial charge in [-0.25, -0.2) is 4.98 Å². The van der Waals surface area contributed by atoms with Crippen LogP contribution in [0.15, 0.2) is 29.1 Å². The topological polar surface area (TPSA) is 34.2 Å². The summed E-state index contributed by atoms with van der Waals surface area (Å²) in [5, 5.41) is 5.58. The molecule has 4 heteroatoms. The quantitative estimate of drug-likeness (QED) is 0.917. The lowest BCUT2D eigenvalue weighted by molar-refractivity contribution is 0.356. The Kier molecular flexibility index (Phi) is 3.30. The van der Waals surface area contributed by atoms with Gasteiger partial charge in [0.25, 0.3) is 0 Å². The zero-order valence-electron chi connectivity index (χ0n) is 10.3. The molecule has 3 rings (SSSR count). The zero-order valence-corrected chi connectivity index (χ0v) is 11.2. The third-order valence-electron chi connectivity index (χ3n) is 3.29. The van der Waals surface area contributed by atoms with Gasteiger partial charge in [0.1, 0.15) is 5.75 Å². The first-order valence-electron chi connectivity index (χ1n) is 6.19.